The predicted molar refractivity (Wildman–Crippen MR) is 113 cm³/mol. The Morgan fingerprint density at radius 3 is 2.70 bits per heavy atom. The van der Waals surface area contributed by atoms with Gasteiger partial charge in [-0.05, 0) is 35.6 Å². The van der Waals surface area contributed by atoms with Gasteiger partial charge in [-0.1, -0.05) is 44.5 Å². The summed E-state index contributed by atoms with van der Waals surface area (Å²) in [6.45, 7) is 4.79. The largest absolute Gasteiger partial charge is 0.454 e. The zero-order chi connectivity index (χ0) is 21.1. The van der Waals surface area contributed by atoms with Crippen molar-refractivity contribution in [3.05, 3.63) is 53.6 Å². The van der Waals surface area contributed by atoms with E-state index in [1.54, 1.807) is 18.2 Å². The van der Waals surface area contributed by atoms with Gasteiger partial charge in [-0.3, -0.25) is 9.59 Å². The number of hydrogen-bond acceptors (Lipinski definition) is 5. The second-order valence-corrected chi connectivity index (χ2v) is 7.84. The highest BCUT2D eigenvalue weighted by Crippen LogP contribution is 2.34. The third kappa shape index (κ3) is 4.26. The maximum Gasteiger partial charge on any atom is 0.247 e. The molecule has 3 N–H and O–H groups in total. The van der Waals surface area contributed by atoms with Crippen LogP contribution in [0, 0.1) is 5.92 Å². The molecule has 158 valence electrons. The Morgan fingerprint density at radius 2 is 1.90 bits per heavy atom. The lowest BCUT2D eigenvalue weighted by molar-refractivity contribution is -0.129. The molecule has 0 bridgehead atoms. The van der Waals surface area contributed by atoms with E-state index in [4.69, 9.17) is 9.47 Å². The van der Waals surface area contributed by atoms with E-state index in [-0.39, 0.29) is 30.6 Å². The molecule has 2 amide bonds. The van der Waals surface area contributed by atoms with Gasteiger partial charge in [0.25, 0.3) is 0 Å². The summed E-state index contributed by atoms with van der Waals surface area (Å²) in [5, 5.41) is 9.15. The molecule has 0 saturated heterocycles. The second-order valence-electron chi connectivity index (χ2n) is 7.84. The van der Waals surface area contributed by atoms with Gasteiger partial charge in [0.05, 0.1) is 6.04 Å². The van der Waals surface area contributed by atoms with Crippen LogP contribution < -0.4 is 25.4 Å². The Morgan fingerprint density at radius 1 is 1.13 bits per heavy atom. The van der Waals surface area contributed by atoms with Gasteiger partial charge in [0, 0.05) is 18.3 Å². The Balaban J connectivity index is 1.43. The molecule has 30 heavy (non-hydrogen) atoms. The highest BCUT2D eigenvalue weighted by atomic mass is 16.7. The molecular formula is C23H27N3O4. The molecule has 2 aliphatic heterocycles. The van der Waals surface area contributed by atoms with Crippen molar-refractivity contribution < 1.29 is 19.1 Å². The van der Waals surface area contributed by atoms with E-state index in [1.165, 1.54) is 11.1 Å². The average molecular weight is 409 g/mol. The van der Waals surface area contributed by atoms with Gasteiger partial charge in [0.2, 0.25) is 18.6 Å². The first-order valence-corrected chi connectivity index (χ1v) is 10.4. The van der Waals surface area contributed by atoms with Crippen LogP contribution in [0.5, 0.6) is 11.5 Å². The molecule has 2 aromatic rings. The fraction of sp³-hybridized carbons (Fsp3) is 0.391. The minimum atomic E-state index is -0.633. The summed E-state index contributed by atoms with van der Waals surface area (Å²) in [4.78, 5) is 26.0. The van der Waals surface area contributed by atoms with E-state index in [0.29, 0.717) is 30.2 Å². The first kappa shape index (κ1) is 20.2. The summed E-state index contributed by atoms with van der Waals surface area (Å²) >= 11 is 0. The normalized spacial score (nSPS) is 18.8. The number of fused-ring (bicyclic) bond motifs is 2. The highest BCUT2D eigenvalue weighted by molar-refractivity contribution is 5.98. The Hall–Kier alpha value is -3.06. The smallest absolute Gasteiger partial charge is 0.247 e. The molecule has 3 atom stereocenters. The molecule has 0 fully saturated rings. The van der Waals surface area contributed by atoms with Crippen LogP contribution in [0.1, 0.15) is 31.4 Å². The number of amides is 2. The summed E-state index contributed by atoms with van der Waals surface area (Å²) < 4.78 is 10.7. The molecule has 2 aromatic carbocycles. The van der Waals surface area contributed by atoms with Crippen molar-refractivity contribution in [1.82, 2.24) is 10.6 Å². The topological polar surface area (TPSA) is 88.7 Å². The van der Waals surface area contributed by atoms with Gasteiger partial charge in [0.15, 0.2) is 11.5 Å². The second kappa shape index (κ2) is 8.75. The Kier molecular flexibility index (Phi) is 5.90. The van der Waals surface area contributed by atoms with Crippen molar-refractivity contribution in [2.75, 3.05) is 12.1 Å². The standard InChI is InChI=1S/C23H27N3O4/c1-3-14(2)21(23(28)25-17-8-9-19-20(11-17)30-13-29-19)26-22(27)18-10-15-6-4-5-7-16(15)12-24-18/h4-9,11,14,18,21,24H,3,10,12-13H2,1-2H3,(H,25,28)(H,26,27)/t14-,18+,21+/m0/s1. The minimum Gasteiger partial charge on any atom is -0.454 e. The van der Waals surface area contributed by atoms with Crippen molar-refractivity contribution >= 4 is 17.5 Å². The lowest BCUT2D eigenvalue weighted by Crippen LogP contribution is -2.55. The molecule has 0 spiro atoms. The number of hydrogen-bond donors (Lipinski definition) is 3. The van der Waals surface area contributed by atoms with Crippen LogP contribution in [0.4, 0.5) is 5.69 Å². The van der Waals surface area contributed by atoms with Crippen LogP contribution in [0.15, 0.2) is 42.5 Å². The number of nitrogens with one attached hydrogen (secondary N) is 3. The molecule has 2 aliphatic rings. The molecule has 4 rings (SSSR count). The van der Waals surface area contributed by atoms with Gasteiger partial charge in [0.1, 0.15) is 6.04 Å². The molecule has 0 aromatic heterocycles. The van der Waals surface area contributed by atoms with Crippen molar-refractivity contribution in [2.24, 2.45) is 5.92 Å². The van der Waals surface area contributed by atoms with Crippen LogP contribution in [0.3, 0.4) is 0 Å². The number of carbonyl (C=O) groups excluding carboxylic acids is 2. The van der Waals surface area contributed by atoms with Gasteiger partial charge < -0.3 is 25.4 Å². The lowest BCUT2D eigenvalue weighted by Gasteiger charge is -2.29. The van der Waals surface area contributed by atoms with Gasteiger partial charge in [-0.2, -0.15) is 0 Å². The van der Waals surface area contributed by atoms with Gasteiger partial charge in [-0.25, -0.2) is 0 Å². The summed E-state index contributed by atoms with van der Waals surface area (Å²) in [5.74, 6) is 0.840. The van der Waals surface area contributed by atoms with E-state index in [9.17, 15) is 9.59 Å². The Labute approximate surface area is 176 Å². The van der Waals surface area contributed by atoms with Crippen LogP contribution in [0.2, 0.25) is 0 Å². The van der Waals surface area contributed by atoms with E-state index >= 15 is 0 Å². The number of rotatable bonds is 6. The summed E-state index contributed by atoms with van der Waals surface area (Å²) in [7, 11) is 0. The maximum atomic E-state index is 13.0. The molecule has 0 radical (unpaired) electrons. The Bertz CT molecular complexity index is 946. The molecule has 0 aliphatic carbocycles. The molecular weight excluding hydrogens is 382 g/mol. The molecule has 7 nitrogen and oxygen atoms in total. The zero-order valence-corrected chi connectivity index (χ0v) is 17.2. The fourth-order valence-electron chi connectivity index (χ4n) is 3.79. The first-order chi connectivity index (χ1) is 14.5. The summed E-state index contributed by atoms with van der Waals surface area (Å²) in [5.41, 5.74) is 2.98. The van der Waals surface area contributed by atoms with Crippen LogP contribution in [-0.2, 0) is 22.6 Å². The zero-order valence-electron chi connectivity index (χ0n) is 17.2. The maximum absolute atomic E-state index is 13.0. The van der Waals surface area contributed by atoms with E-state index in [1.807, 2.05) is 26.0 Å². The molecule has 0 unspecified atom stereocenters. The fourth-order valence-corrected chi connectivity index (χ4v) is 3.79. The van der Waals surface area contributed by atoms with Crippen LogP contribution in [0.25, 0.3) is 0 Å². The van der Waals surface area contributed by atoms with E-state index < -0.39 is 6.04 Å². The third-order valence-corrected chi connectivity index (χ3v) is 5.83. The van der Waals surface area contributed by atoms with Crippen LogP contribution in [-0.4, -0.2) is 30.7 Å². The SMILES string of the molecule is CC[C@H](C)[C@@H](NC(=O)[C@H]1Cc2ccccc2CN1)C(=O)Nc1ccc2c(c1)OCO2. The summed E-state index contributed by atoms with van der Waals surface area (Å²) in [6, 6.07) is 12.4. The van der Waals surface area contributed by atoms with E-state index in [2.05, 4.69) is 28.1 Å². The molecule has 2 heterocycles. The predicted octanol–water partition coefficient (Wildman–Crippen LogP) is 2.60. The molecule has 0 saturated carbocycles. The number of anilines is 1. The number of carbonyl (C=O) groups is 2. The minimum absolute atomic E-state index is 0.0150. The highest BCUT2D eigenvalue weighted by Gasteiger charge is 2.31. The van der Waals surface area contributed by atoms with Crippen molar-refractivity contribution in [1.29, 1.82) is 0 Å². The first-order valence-electron chi connectivity index (χ1n) is 10.4. The lowest BCUT2D eigenvalue weighted by atomic mass is 9.94. The van der Waals surface area contributed by atoms with Crippen molar-refractivity contribution in [3.8, 4) is 11.5 Å². The van der Waals surface area contributed by atoms with Crippen LogP contribution >= 0.6 is 0 Å². The average Bonchev–Trinajstić information content (AvgIpc) is 3.24. The van der Waals surface area contributed by atoms with Gasteiger partial charge >= 0.3 is 0 Å². The number of ether oxygens (including phenoxy) is 2. The third-order valence-electron chi connectivity index (χ3n) is 5.83. The van der Waals surface area contributed by atoms with Crippen molar-refractivity contribution in [3.63, 3.8) is 0 Å². The van der Waals surface area contributed by atoms with E-state index in [0.717, 1.165) is 6.42 Å². The monoisotopic (exact) mass is 409 g/mol. The quantitative estimate of drug-likeness (QED) is 0.683. The molecule has 7 heteroatoms. The summed E-state index contributed by atoms with van der Waals surface area (Å²) in [6.07, 6.45) is 1.37. The van der Waals surface area contributed by atoms with Crippen molar-refractivity contribution in [2.45, 2.75) is 45.3 Å². The van der Waals surface area contributed by atoms with Gasteiger partial charge in [-0.15, -0.1) is 0 Å². The number of benzene rings is 2.